The first-order valence-electron chi connectivity index (χ1n) is 6.77. The molecule has 2 aromatic carbocycles. The van der Waals surface area contributed by atoms with E-state index in [4.69, 9.17) is 5.84 Å². The van der Waals surface area contributed by atoms with Crippen LogP contribution in [0.3, 0.4) is 0 Å². The highest BCUT2D eigenvalue weighted by atomic mass is 16.1. The molecule has 0 radical (unpaired) electrons. The summed E-state index contributed by atoms with van der Waals surface area (Å²) in [6.07, 6.45) is 0. The molecule has 0 aliphatic heterocycles. The average molecular weight is 293 g/mol. The quantitative estimate of drug-likeness (QED) is 0.589. The van der Waals surface area contributed by atoms with Crippen molar-refractivity contribution in [3.05, 3.63) is 71.1 Å². The van der Waals surface area contributed by atoms with E-state index in [0.717, 1.165) is 5.56 Å². The van der Waals surface area contributed by atoms with Crippen molar-refractivity contribution < 1.29 is 0 Å². The van der Waals surface area contributed by atoms with E-state index < -0.39 is 5.69 Å². The number of aromatic nitrogens is 3. The Kier molecular flexibility index (Phi) is 3.67. The zero-order chi connectivity index (χ0) is 15.5. The van der Waals surface area contributed by atoms with Crippen LogP contribution in [0.15, 0.2) is 65.5 Å². The molecule has 0 amide bonds. The van der Waals surface area contributed by atoms with Gasteiger partial charge in [0, 0.05) is 12.6 Å². The standard InChI is InChI=1S/C16H15N5O/c1-20-14(12-8-4-2-5-9-12)18-15(19-16(20)22)21(17)13-10-6-3-7-11-13/h2-11H,17H2,1H3. The largest absolute Gasteiger partial charge is 0.352 e. The molecule has 3 rings (SSSR count). The first kappa shape index (κ1) is 14.0. The van der Waals surface area contributed by atoms with Crippen molar-refractivity contribution >= 4 is 11.6 Å². The molecule has 1 heterocycles. The van der Waals surface area contributed by atoms with Gasteiger partial charge in [0.15, 0.2) is 0 Å². The molecule has 0 unspecified atom stereocenters. The first-order chi connectivity index (χ1) is 10.7. The maximum absolute atomic E-state index is 12.1. The van der Waals surface area contributed by atoms with Crippen LogP contribution in [0.25, 0.3) is 11.4 Å². The monoisotopic (exact) mass is 293 g/mol. The number of para-hydroxylation sites is 1. The molecule has 110 valence electrons. The fourth-order valence-electron chi connectivity index (χ4n) is 2.10. The van der Waals surface area contributed by atoms with E-state index in [1.54, 1.807) is 7.05 Å². The minimum absolute atomic E-state index is 0.160. The summed E-state index contributed by atoms with van der Waals surface area (Å²) in [6, 6.07) is 18.7. The molecular formula is C16H15N5O. The van der Waals surface area contributed by atoms with E-state index in [-0.39, 0.29) is 5.95 Å². The lowest BCUT2D eigenvalue weighted by Gasteiger charge is -2.17. The summed E-state index contributed by atoms with van der Waals surface area (Å²) < 4.78 is 1.40. The Balaban J connectivity index is 2.11. The SMILES string of the molecule is Cn1c(-c2ccccc2)nc(N(N)c2ccccc2)nc1=O. The van der Waals surface area contributed by atoms with Gasteiger partial charge in [-0.1, -0.05) is 48.5 Å². The van der Waals surface area contributed by atoms with E-state index in [1.165, 1.54) is 9.58 Å². The van der Waals surface area contributed by atoms with E-state index in [2.05, 4.69) is 9.97 Å². The van der Waals surface area contributed by atoms with Crippen molar-refractivity contribution in [2.24, 2.45) is 12.9 Å². The molecule has 1 aromatic heterocycles. The Hall–Kier alpha value is -2.99. The van der Waals surface area contributed by atoms with Crippen molar-refractivity contribution in [3.63, 3.8) is 0 Å². The van der Waals surface area contributed by atoms with Crippen LogP contribution in [-0.4, -0.2) is 14.5 Å². The molecule has 0 atom stereocenters. The third-order valence-electron chi connectivity index (χ3n) is 3.29. The van der Waals surface area contributed by atoms with Gasteiger partial charge in [-0.3, -0.25) is 4.57 Å². The first-order valence-corrected chi connectivity index (χ1v) is 6.77. The van der Waals surface area contributed by atoms with Gasteiger partial charge in [0.25, 0.3) is 5.95 Å². The van der Waals surface area contributed by atoms with Crippen LogP contribution in [-0.2, 0) is 7.05 Å². The van der Waals surface area contributed by atoms with Crippen LogP contribution in [0.1, 0.15) is 0 Å². The molecule has 2 N–H and O–H groups in total. The number of hydrogen-bond donors (Lipinski definition) is 1. The summed E-state index contributed by atoms with van der Waals surface area (Å²) in [6.45, 7) is 0. The molecule has 6 heteroatoms. The Morgan fingerprint density at radius 3 is 2.18 bits per heavy atom. The predicted octanol–water partition coefficient (Wildman–Crippen LogP) is 1.85. The van der Waals surface area contributed by atoms with E-state index >= 15 is 0 Å². The summed E-state index contributed by atoms with van der Waals surface area (Å²) in [4.78, 5) is 20.5. The van der Waals surface area contributed by atoms with Crippen LogP contribution in [0.2, 0.25) is 0 Å². The van der Waals surface area contributed by atoms with Gasteiger partial charge in [-0.05, 0) is 12.1 Å². The van der Waals surface area contributed by atoms with Crippen LogP contribution >= 0.6 is 0 Å². The lowest BCUT2D eigenvalue weighted by atomic mass is 10.2. The highest BCUT2D eigenvalue weighted by Crippen LogP contribution is 2.20. The molecule has 0 fully saturated rings. The fourth-order valence-corrected chi connectivity index (χ4v) is 2.10. The second-order valence-electron chi connectivity index (χ2n) is 4.76. The minimum atomic E-state index is -0.407. The molecule has 0 bridgehead atoms. The lowest BCUT2D eigenvalue weighted by Crippen LogP contribution is -2.32. The summed E-state index contributed by atoms with van der Waals surface area (Å²) in [5.41, 5.74) is 1.12. The molecule has 6 nitrogen and oxygen atoms in total. The highest BCUT2D eigenvalue weighted by Gasteiger charge is 2.13. The van der Waals surface area contributed by atoms with Gasteiger partial charge < -0.3 is 0 Å². The molecule has 0 saturated heterocycles. The molecular weight excluding hydrogens is 278 g/mol. The summed E-state index contributed by atoms with van der Waals surface area (Å²) in [5, 5.41) is 1.30. The Morgan fingerprint density at radius 2 is 1.55 bits per heavy atom. The molecule has 0 aliphatic rings. The zero-order valence-corrected chi connectivity index (χ0v) is 12.0. The lowest BCUT2D eigenvalue weighted by molar-refractivity contribution is 0.772. The number of hydrogen-bond acceptors (Lipinski definition) is 5. The Bertz CT molecular complexity index is 830. The molecule has 0 aliphatic carbocycles. The number of nitrogens with two attached hydrogens (primary N) is 1. The van der Waals surface area contributed by atoms with Gasteiger partial charge in [-0.15, -0.1) is 0 Å². The summed E-state index contributed by atoms with van der Waals surface area (Å²) in [5.74, 6) is 6.72. The molecule has 22 heavy (non-hydrogen) atoms. The van der Waals surface area contributed by atoms with Crippen LogP contribution in [0.5, 0.6) is 0 Å². The zero-order valence-electron chi connectivity index (χ0n) is 12.0. The van der Waals surface area contributed by atoms with E-state index in [9.17, 15) is 4.79 Å². The van der Waals surface area contributed by atoms with Gasteiger partial charge in [0.05, 0.1) is 5.69 Å². The summed E-state index contributed by atoms with van der Waals surface area (Å²) in [7, 11) is 1.64. The van der Waals surface area contributed by atoms with Gasteiger partial charge >= 0.3 is 5.69 Å². The van der Waals surface area contributed by atoms with Crippen molar-refractivity contribution in [3.8, 4) is 11.4 Å². The summed E-state index contributed by atoms with van der Waals surface area (Å²) >= 11 is 0. The number of benzene rings is 2. The van der Waals surface area contributed by atoms with Crippen molar-refractivity contribution in [2.45, 2.75) is 0 Å². The van der Waals surface area contributed by atoms with Crippen LogP contribution in [0, 0.1) is 0 Å². The molecule has 3 aromatic rings. The second kappa shape index (κ2) is 5.79. The topological polar surface area (TPSA) is 77.0 Å². The second-order valence-corrected chi connectivity index (χ2v) is 4.76. The number of hydrazine groups is 1. The third kappa shape index (κ3) is 2.59. The normalized spacial score (nSPS) is 10.5. The number of anilines is 2. The maximum atomic E-state index is 12.1. The van der Waals surface area contributed by atoms with Gasteiger partial charge in [-0.2, -0.15) is 9.97 Å². The maximum Gasteiger partial charge on any atom is 0.352 e. The third-order valence-corrected chi connectivity index (χ3v) is 3.29. The Labute approximate surface area is 127 Å². The molecule has 0 saturated carbocycles. The number of nitrogens with zero attached hydrogens (tertiary/aromatic N) is 4. The predicted molar refractivity (Wildman–Crippen MR) is 85.5 cm³/mol. The van der Waals surface area contributed by atoms with Crippen molar-refractivity contribution in [2.75, 3.05) is 5.01 Å². The fraction of sp³-hybridized carbons (Fsp3) is 0.0625. The minimum Gasteiger partial charge on any atom is -0.279 e. The van der Waals surface area contributed by atoms with Crippen molar-refractivity contribution in [1.29, 1.82) is 0 Å². The Morgan fingerprint density at radius 1 is 0.955 bits per heavy atom. The van der Waals surface area contributed by atoms with E-state index in [0.29, 0.717) is 11.5 Å². The smallest absolute Gasteiger partial charge is 0.279 e. The van der Waals surface area contributed by atoms with Crippen LogP contribution < -0.4 is 16.5 Å². The number of rotatable bonds is 3. The van der Waals surface area contributed by atoms with Gasteiger partial charge in [0.1, 0.15) is 5.82 Å². The average Bonchev–Trinajstić information content (AvgIpc) is 2.58. The van der Waals surface area contributed by atoms with Crippen LogP contribution in [0.4, 0.5) is 11.6 Å². The van der Waals surface area contributed by atoms with Crippen molar-refractivity contribution in [1.82, 2.24) is 14.5 Å². The highest BCUT2D eigenvalue weighted by molar-refractivity contribution is 5.59. The van der Waals surface area contributed by atoms with Gasteiger partial charge in [-0.25, -0.2) is 15.6 Å². The molecule has 0 spiro atoms. The van der Waals surface area contributed by atoms with E-state index in [1.807, 2.05) is 60.7 Å². The van der Waals surface area contributed by atoms with Gasteiger partial charge in [0.2, 0.25) is 0 Å².